The molecule has 0 N–H and O–H groups in total. The largest absolute Gasteiger partial charge is 0.377 e. The monoisotopic (exact) mass is 261 g/mol. The number of nitrogens with zero attached hydrogens (tertiary/aromatic N) is 1. The van der Waals surface area contributed by atoms with E-state index in [1.165, 1.54) is 5.56 Å². The van der Waals surface area contributed by atoms with Crippen LogP contribution in [0, 0.1) is 6.92 Å². The fourth-order valence-corrected chi connectivity index (χ4v) is 2.43. The number of aryl methyl sites for hydroxylation is 1. The Bertz CT molecular complexity index is 421. The Morgan fingerprint density at radius 1 is 1.42 bits per heavy atom. The summed E-state index contributed by atoms with van der Waals surface area (Å²) in [7, 11) is 2.00. The Hall–Kier alpha value is -1.19. The maximum Gasteiger partial charge on any atom is 0.179 e. The fraction of sp³-hybridized carbons (Fsp3) is 0.562. The fourth-order valence-electron chi connectivity index (χ4n) is 2.43. The third kappa shape index (κ3) is 3.64. The van der Waals surface area contributed by atoms with Gasteiger partial charge in [-0.1, -0.05) is 29.8 Å². The number of rotatable bonds is 5. The van der Waals surface area contributed by atoms with E-state index >= 15 is 0 Å². The summed E-state index contributed by atoms with van der Waals surface area (Å²) < 4.78 is 5.62. The Kier molecular flexibility index (Phi) is 4.72. The van der Waals surface area contributed by atoms with Crippen molar-refractivity contribution in [2.75, 3.05) is 20.2 Å². The zero-order chi connectivity index (χ0) is 13.8. The van der Waals surface area contributed by atoms with Crippen LogP contribution in [0.4, 0.5) is 0 Å². The zero-order valence-corrected chi connectivity index (χ0v) is 12.1. The van der Waals surface area contributed by atoms with E-state index in [2.05, 4.69) is 4.90 Å². The van der Waals surface area contributed by atoms with Gasteiger partial charge in [-0.25, -0.2) is 0 Å². The Labute approximate surface area is 115 Å². The van der Waals surface area contributed by atoms with Crippen molar-refractivity contribution < 1.29 is 9.53 Å². The summed E-state index contributed by atoms with van der Waals surface area (Å²) in [5.41, 5.74) is 1.97. The second-order valence-electron chi connectivity index (χ2n) is 5.48. The molecule has 0 saturated carbocycles. The number of ketones is 1. The summed E-state index contributed by atoms with van der Waals surface area (Å²) in [6.45, 7) is 5.69. The highest BCUT2D eigenvalue weighted by molar-refractivity contribution is 5.99. The van der Waals surface area contributed by atoms with Crippen LogP contribution >= 0.6 is 0 Å². The highest BCUT2D eigenvalue weighted by Crippen LogP contribution is 2.15. The van der Waals surface area contributed by atoms with Gasteiger partial charge >= 0.3 is 0 Å². The first-order valence-electron chi connectivity index (χ1n) is 7.00. The predicted octanol–water partition coefficient (Wildman–Crippen LogP) is 2.68. The number of carbonyl (C=O) groups is 1. The Morgan fingerprint density at radius 3 is 2.68 bits per heavy atom. The molecule has 1 heterocycles. The van der Waals surface area contributed by atoms with Crippen molar-refractivity contribution in [1.82, 2.24) is 4.90 Å². The highest BCUT2D eigenvalue weighted by Gasteiger charge is 2.24. The van der Waals surface area contributed by atoms with Gasteiger partial charge in [0.05, 0.1) is 12.1 Å². The third-order valence-corrected chi connectivity index (χ3v) is 3.89. The lowest BCUT2D eigenvalue weighted by Crippen LogP contribution is -2.40. The second-order valence-corrected chi connectivity index (χ2v) is 5.48. The van der Waals surface area contributed by atoms with Crippen LogP contribution in [0.2, 0.25) is 0 Å². The summed E-state index contributed by atoms with van der Waals surface area (Å²) >= 11 is 0. The molecule has 3 nitrogen and oxygen atoms in total. The summed E-state index contributed by atoms with van der Waals surface area (Å²) in [6, 6.07) is 7.69. The van der Waals surface area contributed by atoms with Gasteiger partial charge in [-0.15, -0.1) is 0 Å². The molecule has 1 aliphatic heterocycles. The van der Waals surface area contributed by atoms with Crippen molar-refractivity contribution in [3.05, 3.63) is 35.4 Å². The van der Waals surface area contributed by atoms with Crippen molar-refractivity contribution in [2.45, 2.75) is 38.8 Å². The van der Waals surface area contributed by atoms with Gasteiger partial charge < -0.3 is 4.74 Å². The molecule has 2 atom stereocenters. The number of hydrogen-bond acceptors (Lipinski definition) is 3. The molecule has 1 aromatic carbocycles. The molecule has 0 amide bonds. The minimum atomic E-state index is -0.105. The van der Waals surface area contributed by atoms with Gasteiger partial charge in [0.1, 0.15) is 0 Å². The molecule has 3 heteroatoms. The number of hydrogen-bond donors (Lipinski definition) is 0. The molecular weight excluding hydrogens is 238 g/mol. The molecule has 1 fully saturated rings. The van der Waals surface area contributed by atoms with Gasteiger partial charge in [0, 0.05) is 18.7 Å². The molecule has 0 radical (unpaired) electrons. The Balaban J connectivity index is 1.95. The van der Waals surface area contributed by atoms with E-state index in [0.29, 0.717) is 6.10 Å². The van der Waals surface area contributed by atoms with Gasteiger partial charge in [0.15, 0.2) is 5.78 Å². The van der Waals surface area contributed by atoms with Crippen LogP contribution in [-0.2, 0) is 4.74 Å². The first kappa shape index (κ1) is 14.2. The van der Waals surface area contributed by atoms with Gasteiger partial charge in [-0.05, 0) is 33.7 Å². The standard InChI is InChI=1S/C16H23NO2/c1-12-6-8-14(9-7-12)16(18)13(2)17(3)11-15-5-4-10-19-15/h6-9,13,15H,4-5,10-11H2,1-3H3. The predicted molar refractivity (Wildman–Crippen MR) is 76.6 cm³/mol. The number of benzene rings is 1. The average molecular weight is 261 g/mol. The van der Waals surface area contributed by atoms with E-state index in [-0.39, 0.29) is 11.8 Å². The lowest BCUT2D eigenvalue weighted by atomic mass is 10.0. The molecule has 2 rings (SSSR count). The van der Waals surface area contributed by atoms with Gasteiger partial charge in [-0.2, -0.15) is 0 Å². The third-order valence-electron chi connectivity index (χ3n) is 3.89. The first-order chi connectivity index (χ1) is 9.08. The van der Waals surface area contributed by atoms with Crippen molar-refractivity contribution >= 4 is 5.78 Å². The minimum Gasteiger partial charge on any atom is -0.377 e. The normalized spacial score (nSPS) is 20.7. The average Bonchev–Trinajstić information content (AvgIpc) is 2.90. The molecule has 0 aliphatic carbocycles. The van der Waals surface area contributed by atoms with Crippen LogP contribution in [0.25, 0.3) is 0 Å². The van der Waals surface area contributed by atoms with Crippen LogP contribution in [0.1, 0.15) is 35.7 Å². The molecule has 0 spiro atoms. The molecule has 0 aromatic heterocycles. The second kappa shape index (κ2) is 6.31. The number of Topliss-reactive ketones (excluding diaryl/α,β-unsaturated/α-hetero) is 1. The topological polar surface area (TPSA) is 29.5 Å². The Morgan fingerprint density at radius 2 is 2.11 bits per heavy atom. The highest BCUT2D eigenvalue weighted by atomic mass is 16.5. The van der Waals surface area contributed by atoms with E-state index in [0.717, 1.165) is 31.6 Å². The summed E-state index contributed by atoms with van der Waals surface area (Å²) in [5.74, 6) is 0.181. The zero-order valence-electron chi connectivity index (χ0n) is 12.1. The molecule has 1 saturated heterocycles. The molecule has 1 aliphatic rings. The lowest BCUT2D eigenvalue weighted by Gasteiger charge is -2.26. The van der Waals surface area contributed by atoms with E-state index in [1.54, 1.807) is 0 Å². The van der Waals surface area contributed by atoms with Crippen molar-refractivity contribution in [3.63, 3.8) is 0 Å². The molecule has 2 unspecified atom stereocenters. The van der Waals surface area contributed by atoms with E-state index in [9.17, 15) is 4.79 Å². The van der Waals surface area contributed by atoms with Crippen LogP contribution in [0.5, 0.6) is 0 Å². The van der Waals surface area contributed by atoms with Gasteiger partial charge in [-0.3, -0.25) is 9.69 Å². The number of likely N-dealkylation sites (N-methyl/N-ethyl adjacent to an activating group) is 1. The van der Waals surface area contributed by atoms with E-state index in [1.807, 2.05) is 45.2 Å². The van der Waals surface area contributed by atoms with E-state index in [4.69, 9.17) is 4.74 Å². The van der Waals surface area contributed by atoms with Crippen molar-refractivity contribution in [3.8, 4) is 0 Å². The summed E-state index contributed by atoms with van der Waals surface area (Å²) in [6.07, 6.45) is 2.53. The molecular formula is C16H23NO2. The molecule has 104 valence electrons. The van der Waals surface area contributed by atoms with Crippen molar-refractivity contribution in [2.24, 2.45) is 0 Å². The van der Waals surface area contributed by atoms with Crippen molar-refractivity contribution in [1.29, 1.82) is 0 Å². The van der Waals surface area contributed by atoms with Crippen LogP contribution in [0.15, 0.2) is 24.3 Å². The minimum absolute atomic E-state index is 0.105. The molecule has 0 bridgehead atoms. The van der Waals surface area contributed by atoms with Crippen LogP contribution < -0.4 is 0 Å². The first-order valence-corrected chi connectivity index (χ1v) is 7.00. The number of ether oxygens (including phenoxy) is 1. The van der Waals surface area contributed by atoms with Crippen LogP contribution in [-0.4, -0.2) is 43.0 Å². The summed E-state index contributed by atoms with van der Waals surface area (Å²) in [5, 5.41) is 0. The van der Waals surface area contributed by atoms with Gasteiger partial charge in [0.2, 0.25) is 0 Å². The molecule has 19 heavy (non-hydrogen) atoms. The number of carbonyl (C=O) groups excluding carboxylic acids is 1. The SMILES string of the molecule is Cc1ccc(C(=O)C(C)N(C)CC2CCCO2)cc1. The maximum atomic E-state index is 12.4. The maximum absolute atomic E-state index is 12.4. The van der Waals surface area contributed by atoms with Crippen LogP contribution in [0.3, 0.4) is 0 Å². The van der Waals surface area contributed by atoms with E-state index < -0.39 is 0 Å². The summed E-state index contributed by atoms with van der Waals surface area (Å²) in [4.78, 5) is 14.5. The molecule has 1 aromatic rings. The lowest BCUT2D eigenvalue weighted by molar-refractivity contribution is 0.0620. The quantitative estimate of drug-likeness (QED) is 0.763. The smallest absolute Gasteiger partial charge is 0.179 e. The van der Waals surface area contributed by atoms with Gasteiger partial charge in [0.25, 0.3) is 0 Å².